The van der Waals surface area contributed by atoms with Gasteiger partial charge in [-0.1, -0.05) is 47.8 Å². The van der Waals surface area contributed by atoms with E-state index in [2.05, 4.69) is 46.4 Å². The van der Waals surface area contributed by atoms with E-state index >= 15 is 0 Å². The van der Waals surface area contributed by atoms with Crippen LogP contribution in [-0.2, 0) is 0 Å². The highest BCUT2D eigenvalue weighted by Crippen LogP contribution is 2.30. The van der Waals surface area contributed by atoms with E-state index in [-0.39, 0.29) is 0 Å². The van der Waals surface area contributed by atoms with Gasteiger partial charge in [0.15, 0.2) is 0 Å². The van der Waals surface area contributed by atoms with Crippen molar-refractivity contribution >= 4 is 15.9 Å². The molecule has 1 aromatic rings. The maximum absolute atomic E-state index is 10.4. The van der Waals surface area contributed by atoms with E-state index in [4.69, 9.17) is 0 Å². The first kappa shape index (κ1) is 14.0. The molecule has 0 saturated heterocycles. The lowest BCUT2D eigenvalue weighted by Gasteiger charge is -2.26. The lowest BCUT2D eigenvalue weighted by Crippen LogP contribution is -2.39. The van der Waals surface area contributed by atoms with Gasteiger partial charge >= 0.3 is 0 Å². The first-order chi connectivity index (χ1) is 8.63. The molecule has 2 rings (SSSR count). The van der Waals surface area contributed by atoms with Gasteiger partial charge in [-0.05, 0) is 37.0 Å². The first-order valence-electron chi connectivity index (χ1n) is 6.84. The molecule has 2 nitrogen and oxygen atoms in total. The summed E-state index contributed by atoms with van der Waals surface area (Å²) in [5.41, 5.74) is 0.813. The van der Waals surface area contributed by atoms with Crippen molar-refractivity contribution in [3.05, 3.63) is 34.3 Å². The zero-order valence-corrected chi connectivity index (χ0v) is 12.5. The molecule has 3 heteroatoms. The van der Waals surface area contributed by atoms with E-state index in [1.165, 1.54) is 5.56 Å². The Kier molecular flexibility index (Phi) is 4.82. The van der Waals surface area contributed by atoms with Crippen molar-refractivity contribution in [1.82, 2.24) is 5.32 Å². The van der Waals surface area contributed by atoms with Gasteiger partial charge in [0.2, 0.25) is 0 Å². The standard InChI is InChI=1S/C15H22BrNO/c1-2-14(12-6-5-7-13(16)10-12)17-11-15(18)8-3-4-9-15/h5-7,10,14,17-18H,2-4,8-9,11H2,1H3. The van der Waals surface area contributed by atoms with Gasteiger partial charge in [0.05, 0.1) is 5.60 Å². The van der Waals surface area contributed by atoms with Crippen LogP contribution >= 0.6 is 15.9 Å². The molecule has 0 aromatic heterocycles. The fourth-order valence-electron chi connectivity index (χ4n) is 2.74. The Balaban J connectivity index is 1.97. The van der Waals surface area contributed by atoms with Gasteiger partial charge in [-0.25, -0.2) is 0 Å². The largest absolute Gasteiger partial charge is 0.389 e. The van der Waals surface area contributed by atoms with Crippen molar-refractivity contribution in [2.24, 2.45) is 0 Å². The van der Waals surface area contributed by atoms with Crippen LogP contribution in [0, 0.1) is 0 Å². The van der Waals surface area contributed by atoms with Crippen LogP contribution in [0.25, 0.3) is 0 Å². The highest BCUT2D eigenvalue weighted by atomic mass is 79.9. The average molecular weight is 312 g/mol. The Labute approximate surface area is 118 Å². The maximum Gasteiger partial charge on any atom is 0.0771 e. The molecule has 1 aliphatic rings. The molecule has 0 radical (unpaired) electrons. The molecule has 1 atom stereocenters. The Morgan fingerprint density at radius 2 is 2.11 bits per heavy atom. The zero-order chi connectivity index (χ0) is 13.0. The molecular formula is C15H22BrNO. The highest BCUT2D eigenvalue weighted by molar-refractivity contribution is 9.10. The molecule has 1 saturated carbocycles. The number of hydrogen-bond donors (Lipinski definition) is 2. The minimum Gasteiger partial charge on any atom is -0.389 e. The third kappa shape index (κ3) is 3.56. The summed E-state index contributed by atoms with van der Waals surface area (Å²) in [6, 6.07) is 8.73. The molecule has 0 heterocycles. The monoisotopic (exact) mass is 311 g/mol. The lowest BCUT2D eigenvalue weighted by molar-refractivity contribution is 0.0446. The van der Waals surface area contributed by atoms with Gasteiger partial charge in [-0.3, -0.25) is 0 Å². The van der Waals surface area contributed by atoms with Crippen LogP contribution in [0.2, 0.25) is 0 Å². The van der Waals surface area contributed by atoms with Crippen LogP contribution < -0.4 is 5.32 Å². The molecule has 1 aliphatic carbocycles. The van der Waals surface area contributed by atoms with Crippen LogP contribution in [-0.4, -0.2) is 17.3 Å². The van der Waals surface area contributed by atoms with E-state index in [0.29, 0.717) is 12.6 Å². The van der Waals surface area contributed by atoms with Gasteiger partial charge in [0.25, 0.3) is 0 Å². The third-order valence-corrected chi connectivity index (χ3v) is 4.36. The van der Waals surface area contributed by atoms with E-state index in [1.54, 1.807) is 0 Å². The number of nitrogens with one attached hydrogen (secondary N) is 1. The van der Waals surface area contributed by atoms with Crippen molar-refractivity contribution in [3.8, 4) is 0 Å². The van der Waals surface area contributed by atoms with E-state index in [9.17, 15) is 5.11 Å². The second-order valence-corrected chi connectivity index (χ2v) is 6.24. The predicted octanol–water partition coefficient (Wildman–Crippen LogP) is 3.79. The Morgan fingerprint density at radius 3 is 2.72 bits per heavy atom. The van der Waals surface area contributed by atoms with Gasteiger partial charge in [0.1, 0.15) is 0 Å². The van der Waals surface area contributed by atoms with E-state index in [1.807, 2.05) is 6.07 Å². The van der Waals surface area contributed by atoms with Gasteiger partial charge in [0, 0.05) is 17.1 Å². The zero-order valence-electron chi connectivity index (χ0n) is 11.0. The van der Waals surface area contributed by atoms with E-state index < -0.39 is 5.60 Å². The van der Waals surface area contributed by atoms with Crippen molar-refractivity contribution in [3.63, 3.8) is 0 Å². The average Bonchev–Trinajstić information content (AvgIpc) is 2.77. The quantitative estimate of drug-likeness (QED) is 0.867. The summed E-state index contributed by atoms with van der Waals surface area (Å²) >= 11 is 3.51. The maximum atomic E-state index is 10.4. The lowest BCUT2D eigenvalue weighted by atomic mass is 9.99. The summed E-state index contributed by atoms with van der Waals surface area (Å²) in [4.78, 5) is 0. The third-order valence-electron chi connectivity index (χ3n) is 3.87. The molecule has 1 aromatic carbocycles. The van der Waals surface area contributed by atoms with Crippen LogP contribution in [0.15, 0.2) is 28.7 Å². The fourth-order valence-corrected chi connectivity index (χ4v) is 3.16. The summed E-state index contributed by atoms with van der Waals surface area (Å²) in [5, 5.41) is 13.9. The van der Waals surface area contributed by atoms with Crippen LogP contribution in [0.4, 0.5) is 0 Å². The molecule has 0 bridgehead atoms. The molecule has 0 aliphatic heterocycles. The fraction of sp³-hybridized carbons (Fsp3) is 0.600. The van der Waals surface area contributed by atoms with Crippen LogP contribution in [0.1, 0.15) is 50.6 Å². The number of aliphatic hydroxyl groups is 1. The minimum absolute atomic E-state index is 0.326. The number of rotatable bonds is 5. The second-order valence-electron chi connectivity index (χ2n) is 5.33. The number of hydrogen-bond acceptors (Lipinski definition) is 2. The smallest absolute Gasteiger partial charge is 0.0771 e. The molecule has 0 amide bonds. The van der Waals surface area contributed by atoms with E-state index in [0.717, 1.165) is 36.6 Å². The highest BCUT2D eigenvalue weighted by Gasteiger charge is 2.31. The first-order valence-corrected chi connectivity index (χ1v) is 7.63. The Morgan fingerprint density at radius 1 is 1.39 bits per heavy atom. The molecule has 2 N–H and O–H groups in total. The SMILES string of the molecule is CCC(NCC1(O)CCCC1)c1cccc(Br)c1. The van der Waals surface area contributed by atoms with Crippen molar-refractivity contribution in [2.45, 2.75) is 50.7 Å². The minimum atomic E-state index is -0.473. The van der Waals surface area contributed by atoms with Gasteiger partial charge in [-0.15, -0.1) is 0 Å². The summed E-state index contributed by atoms with van der Waals surface area (Å²) in [7, 11) is 0. The van der Waals surface area contributed by atoms with Crippen LogP contribution in [0.3, 0.4) is 0 Å². The van der Waals surface area contributed by atoms with Crippen molar-refractivity contribution < 1.29 is 5.11 Å². The summed E-state index contributed by atoms with van der Waals surface area (Å²) < 4.78 is 1.11. The summed E-state index contributed by atoms with van der Waals surface area (Å²) in [5.74, 6) is 0. The van der Waals surface area contributed by atoms with Gasteiger partial charge in [-0.2, -0.15) is 0 Å². The molecular weight excluding hydrogens is 290 g/mol. The summed E-state index contributed by atoms with van der Waals surface area (Å²) in [6.45, 7) is 2.88. The Bertz CT molecular complexity index is 388. The van der Waals surface area contributed by atoms with Gasteiger partial charge < -0.3 is 10.4 Å². The molecule has 18 heavy (non-hydrogen) atoms. The Hall–Kier alpha value is -0.380. The van der Waals surface area contributed by atoms with Crippen LogP contribution in [0.5, 0.6) is 0 Å². The molecule has 1 unspecified atom stereocenters. The molecule has 1 fully saturated rings. The molecule has 100 valence electrons. The van der Waals surface area contributed by atoms with Crippen molar-refractivity contribution in [1.29, 1.82) is 0 Å². The second kappa shape index (κ2) is 6.18. The number of benzene rings is 1. The predicted molar refractivity (Wildman–Crippen MR) is 78.6 cm³/mol. The van der Waals surface area contributed by atoms with Crippen molar-refractivity contribution in [2.75, 3.05) is 6.54 Å². The molecule has 0 spiro atoms. The normalized spacial score (nSPS) is 19.9. The summed E-state index contributed by atoms with van der Waals surface area (Å²) in [6.07, 6.45) is 5.23. The number of halogens is 1. The topological polar surface area (TPSA) is 32.3 Å².